The monoisotopic (exact) mass is 839 g/mol. The van der Waals surface area contributed by atoms with Crippen LogP contribution in [0.3, 0.4) is 0 Å². The number of amides is 1. The van der Waals surface area contributed by atoms with Crippen molar-refractivity contribution in [2.24, 2.45) is 5.92 Å². The Kier molecular flexibility index (Phi) is 12.0. The third-order valence-electron chi connectivity index (χ3n) is 13.0. The Balaban J connectivity index is 0.946. The van der Waals surface area contributed by atoms with Gasteiger partial charge in [0.05, 0.1) is 29.9 Å². The number of fused-ring (bicyclic) bond motifs is 5. The first-order valence-electron chi connectivity index (χ1n) is 21.4. The highest BCUT2D eigenvalue weighted by atomic mass is 28.4. The largest absolute Gasteiger partial charge is 0.506 e. The Labute approximate surface area is 358 Å². The fraction of sp³-hybridized carbons (Fsp3) is 0.375. The summed E-state index contributed by atoms with van der Waals surface area (Å²) in [6.45, 7) is 15.6. The molecule has 3 aliphatic heterocycles. The minimum atomic E-state index is -2.22. The number of rotatable bonds is 14. The van der Waals surface area contributed by atoms with E-state index in [-0.39, 0.29) is 28.5 Å². The van der Waals surface area contributed by atoms with E-state index in [1.165, 1.54) is 6.07 Å². The van der Waals surface area contributed by atoms with Gasteiger partial charge in [0.1, 0.15) is 16.8 Å². The van der Waals surface area contributed by atoms with Gasteiger partial charge in [0.25, 0.3) is 0 Å². The third kappa shape index (κ3) is 9.20. The first kappa shape index (κ1) is 42.1. The van der Waals surface area contributed by atoms with Gasteiger partial charge in [-0.25, -0.2) is 4.79 Å². The first-order chi connectivity index (χ1) is 29.2. The van der Waals surface area contributed by atoms with E-state index in [4.69, 9.17) is 14.6 Å². The standard InChI is InChI=1S/C48H57N7O5Si/c1-48(2,3)61(4,5)60-44(37-17-20-43(56)46-38(37)18-21-45(57)50-46)30-49-29-33-15-19-39-40(27-33)52-54(51-39)24-10-9-11-32-14-16-36(34-12-7-6-8-13-34)41(28-32)55(47(58)59)42-31-53-25-22-35(42)23-26-53/h6-9,11-21,27-28,35,42,44,49,56H,10,22-26,29-31H2,1-5H3,(H,50,57)(H,58,59)/b11-9+/t42-,44-/m0/s1. The molecule has 0 aliphatic carbocycles. The number of hydrogen-bond donors (Lipinski definition) is 4. The van der Waals surface area contributed by atoms with Gasteiger partial charge in [0.2, 0.25) is 5.56 Å². The van der Waals surface area contributed by atoms with Gasteiger partial charge in [-0.15, -0.1) is 0 Å². The number of aromatic nitrogens is 4. The molecule has 2 atom stereocenters. The number of phenolic OH excluding ortho intramolecular Hbond substituents is 1. The molecule has 12 nitrogen and oxygen atoms in total. The lowest BCUT2D eigenvalue weighted by atomic mass is 9.82. The highest BCUT2D eigenvalue weighted by molar-refractivity contribution is 6.74. The minimum Gasteiger partial charge on any atom is -0.506 e. The summed E-state index contributed by atoms with van der Waals surface area (Å²) in [6, 6.07) is 29.0. The molecule has 5 heterocycles. The number of aromatic amines is 1. The number of piperidine rings is 3. The molecule has 4 aromatic carbocycles. The quantitative estimate of drug-likeness (QED) is 0.0788. The summed E-state index contributed by atoms with van der Waals surface area (Å²) in [4.78, 5) is 33.7. The maximum absolute atomic E-state index is 13.0. The molecule has 2 bridgehead atoms. The number of pyridine rings is 1. The number of aromatic hydroxyl groups is 1. The lowest BCUT2D eigenvalue weighted by Gasteiger charge is -2.48. The fourth-order valence-electron chi connectivity index (χ4n) is 8.62. The van der Waals surface area contributed by atoms with E-state index in [0.717, 1.165) is 82.4 Å². The molecule has 3 fully saturated rings. The first-order valence-corrected chi connectivity index (χ1v) is 24.3. The second-order valence-corrected chi connectivity index (χ2v) is 22.8. The highest BCUT2D eigenvalue weighted by Gasteiger charge is 2.41. The molecule has 0 unspecified atom stereocenters. The average Bonchev–Trinajstić information content (AvgIpc) is 3.65. The van der Waals surface area contributed by atoms with Crippen LogP contribution in [0.5, 0.6) is 5.75 Å². The number of benzene rings is 4. The summed E-state index contributed by atoms with van der Waals surface area (Å²) in [6.07, 6.45) is 5.69. The van der Waals surface area contributed by atoms with Crippen molar-refractivity contribution in [3.63, 3.8) is 0 Å². The predicted octanol–water partition coefficient (Wildman–Crippen LogP) is 9.18. The van der Waals surface area contributed by atoms with Gasteiger partial charge in [-0.05, 0) is 109 Å². The Morgan fingerprint density at radius 1 is 1.00 bits per heavy atom. The summed E-state index contributed by atoms with van der Waals surface area (Å²) in [7, 11) is -2.22. The smallest absolute Gasteiger partial charge is 0.412 e. The zero-order valence-electron chi connectivity index (χ0n) is 35.8. The Bertz CT molecular complexity index is 2610. The number of hydrogen-bond acceptors (Lipinski definition) is 8. The number of carboxylic acid groups (broad SMARTS) is 1. The van der Waals surface area contributed by atoms with Crippen LogP contribution in [-0.4, -0.2) is 81.7 Å². The second kappa shape index (κ2) is 17.4. The van der Waals surface area contributed by atoms with Crippen molar-refractivity contribution in [2.75, 3.05) is 31.1 Å². The molecular weight excluding hydrogens is 783 g/mol. The van der Waals surface area contributed by atoms with E-state index in [1.54, 1.807) is 21.8 Å². The van der Waals surface area contributed by atoms with Gasteiger partial charge in [-0.2, -0.15) is 15.0 Å². The van der Waals surface area contributed by atoms with E-state index in [9.17, 15) is 19.8 Å². The van der Waals surface area contributed by atoms with E-state index in [2.05, 4.69) is 85.5 Å². The maximum atomic E-state index is 13.0. The van der Waals surface area contributed by atoms with E-state index >= 15 is 0 Å². The van der Waals surface area contributed by atoms with Crippen molar-refractivity contribution in [3.05, 3.63) is 124 Å². The number of nitrogens with zero attached hydrogens (tertiary/aromatic N) is 5. The number of H-pyrrole nitrogens is 1. The molecule has 2 aromatic heterocycles. The molecule has 6 aromatic rings. The second-order valence-electron chi connectivity index (χ2n) is 18.1. The highest BCUT2D eigenvalue weighted by Crippen LogP contribution is 2.42. The van der Waals surface area contributed by atoms with Crippen LogP contribution >= 0.6 is 0 Å². The van der Waals surface area contributed by atoms with Crippen LogP contribution in [0.2, 0.25) is 18.1 Å². The Morgan fingerprint density at radius 2 is 1.77 bits per heavy atom. The van der Waals surface area contributed by atoms with Crippen LogP contribution < -0.4 is 15.8 Å². The Hall–Kier alpha value is -5.60. The summed E-state index contributed by atoms with van der Waals surface area (Å²) < 4.78 is 6.98. The van der Waals surface area contributed by atoms with Crippen molar-refractivity contribution in [1.82, 2.24) is 30.2 Å². The molecule has 0 radical (unpaired) electrons. The summed E-state index contributed by atoms with van der Waals surface area (Å²) >= 11 is 0. The van der Waals surface area contributed by atoms with E-state index in [0.29, 0.717) is 37.5 Å². The molecule has 9 rings (SSSR count). The van der Waals surface area contributed by atoms with Crippen molar-refractivity contribution in [1.29, 1.82) is 0 Å². The van der Waals surface area contributed by atoms with Crippen LogP contribution in [-0.2, 0) is 17.5 Å². The zero-order valence-corrected chi connectivity index (χ0v) is 36.8. The van der Waals surface area contributed by atoms with Gasteiger partial charge in [-0.1, -0.05) is 87.5 Å². The number of carbonyl (C=O) groups is 1. The Morgan fingerprint density at radius 3 is 2.49 bits per heavy atom. The molecule has 318 valence electrons. The molecular formula is C48H57N7O5Si. The molecule has 61 heavy (non-hydrogen) atoms. The van der Waals surface area contributed by atoms with Crippen molar-refractivity contribution in [2.45, 2.75) is 83.4 Å². The maximum Gasteiger partial charge on any atom is 0.412 e. The molecule has 13 heteroatoms. The summed E-state index contributed by atoms with van der Waals surface area (Å²) in [5, 5.41) is 35.1. The van der Waals surface area contributed by atoms with Crippen LogP contribution in [0, 0.1) is 5.92 Å². The van der Waals surface area contributed by atoms with Gasteiger partial charge in [0, 0.05) is 36.7 Å². The van der Waals surface area contributed by atoms with E-state index < -0.39 is 14.4 Å². The van der Waals surface area contributed by atoms with Crippen molar-refractivity contribution in [3.8, 4) is 16.9 Å². The molecule has 4 N–H and O–H groups in total. The van der Waals surface area contributed by atoms with Gasteiger partial charge < -0.3 is 29.8 Å². The number of aryl methyl sites for hydroxylation is 1. The number of allylic oxidation sites excluding steroid dienone is 1. The fourth-order valence-corrected chi connectivity index (χ4v) is 9.90. The van der Waals surface area contributed by atoms with Crippen LogP contribution in [0.15, 0.2) is 102 Å². The lowest BCUT2D eigenvalue weighted by molar-refractivity contribution is 0.0838. The average molecular weight is 840 g/mol. The molecule has 3 saturated heterocycles. The zero-order chi connectivity index (χ0) is 42.9. The van der Waals surface area contributed by atoms with Gasteiger partial charge >= 0.3 is 6.09 Å². The SMILES string of the molecule is CC(C)(C)[Si](C)(C)O[C@@H](CNCc1ccc2nn(CC/C=C/c3ccc(-c4ccccc4)c(N(C(=O)O)[C@H]4CN5CCC4CC5)c3)nc2c1)c1ccc(O)c2[nH]c(=O)ccc12. The van der Waals surface area contributed by atoms with Crippen molar-refractivity contribution < 1.29 is 19.4 Å². The van der Waals surface area contributed by atoms with Crippen LogP contribution in [0.25, 0.3) is 39.1 Å². The molecule has 1 amide bonds. The van der Waals surface area contributed by atoms with Gasteiger partial charge in [-0.3, -0.25) is 9.69 Å². The summed E-state index contributed by atoms with van der Waals surface area (Å²) in [5.41, 5.74) is 7.34. The predicted molar refractivity (Wildman–Crippen MR) is 245 cm³/mol. The lowest BCUT2D eigenvalue weighted by Crippen LogP contribution is -2.59. The number of nitrogens with one attached hydrogen (secondary N) is 2. The molecule has 3 aliphatic rings. The summed E-state index contributed by atoms with van der Waals surface area (Å²) in [5.74, 6) is 0.388. The van der Waals surface area contributed by atoms with Crippen molar-refractivity contribution >= 4 is 48.1 Å². The van der Waals surface area contributed by atoms with Crippen LogP contribution in [0.1, 0.15) is 62.8 Å². The normalized spacial score (nSPS) is 18.6. The topological polar surface area (TPSA) is 149 Å². The van der Waals surface area contributed by atoms with Crippen LogP contribution in [0.4, 0.5) is 10.5 Å². The van der Waals surface area contributed by atoms with Gasteiger partial charge in [0.15, 0.2) is 8.32 Å². The minimum absolute atomic E-state index is 0.0207. The number of anilines is 1. The van der Waals surface area contributed by atoms with E-state index in [1.807, 2.05) is 48.5 Å². The molecule has 0 spiro atoms. The third-order valence-corrected chi connectivity index (χ3v) is 17.5. The molecule has 0 saturated carbocycles. The number of phenols is 1.